The van der Waals surface area contributed by atoms with Gasteiger partial charge in [0.25, 0.3) is 0 Å². The molecule has 0 N–H and O–H groups in total. The predicted octanol–water partition coefficient (Wildman–Crippen LogP) is 28.0. The van der Waals surface area contributed by atoms with Gasteiger partial charge in [0.15, 0.2) is 11.7 Å². The van der Waals surface area contributed by atoms with Crippen molar-refractivity contribution in [3.05, 3.63) is 408 Å². The molecule has 4 aromatic heterocycles. The molecule has 3 unspecified atom stereocenters. The molecule has 5 heterocycles. The van der Waals surface area contributed by atoms with Gasteiger partial charge in [0.05, 0.1) is 33.8 Å². The molecule has 0 saturated heterocycles. The molecule has 113 heavy (non-hydrogen) atoms. The second-order valence-corrected chi connectivity index (χ2v) is 31.8. The Morgan fingerprint density at radius 2 is 1.11 bits per heavy atom. The van der Waals surface area contributed by atoms with Crippen LogP contribution in [0.2, 0.25) is 0 Å². The van der Waals surface area contributed by atoms with Crippen LogP contribution in [-0.4, -0.2) is 31.5 Å². The second-order valence-electron chi connectivity index (χ2n) is 29.6. The molecule has 0 saturated carbocycles. The third-order valence-electron chi connectivity index (χ3n) is 22.5. The zero-order valence-corrected chi connectivity index (χ0v) is 64.9. The van der Waals surface area contributed by atoms with Crippen molar-refractivity contribution in [1.82, 2.24) is 19.9 Å². The lowest BCUT2D eigenvalue weighted by Gasteiger charge is -2.21. The lowest BCUT2D eigenvalue weighted by Crippen LogP contribution is -2.11. The summed E-state index contributed by atoms with van der Waals surface area (Å²) in [5.74, 6) is 2.01. The average molecular weight is 1490 g/mol. The van der Waals surface area contributed by atoms with Crippen LogP contribution < -0.4 is 0 Å². The summed E-state index contributed by atoms with van der Waals surface area (Å²) in [5, 5.41) is 7.04. The highest BCUT2D eigenvalue weighted by Gasteiger charge is 2.35. The molecule has 6 nitrogen and oxygen atoms in total. The molecule has 1 aliphatic heterocycles. The number of hydrogen-bond acceptors (Lipinski definition) is 7. The Morgan fingerprint density at radius 3 is 1.88 bits per heavy atom. The zero-order chi connectivity index (χ0) is 76.0. The maximum atomic E-state index is 5.78. The van der Waals surface area contributed by atoms with Crippen LogP contribution in [-0.2, 0) is 6.42 Å². The number of thioether (sulfide) groups is 1. The molecule has 0 amide bonds. The summed E-state index contributed by atoms with van der Waals surface area (Å²) in [7, 11) is 0. The number of benzene rings is 12. The van der Waals surface area contributed by atoms with E-state index in [4.69, 9.17) is 29.9 Å². The Bertz CT molecular complexity index is 6720. The van der Waals surface area contributed by atoms with Gasteiger partial charge in [0.2, 0.25) is 0 Å². The van der Waals surface area contributed by atoms with E-state index in [1.165, 1.54) is 57.4 Å². The number of aliphatic imine (C=N–C) groups is 2. The fourth-order valence-corrected chi connectivity index (χ4v) is 19.1. The van der Waals surface area contributed by atoms with Crippen LogP contribution in [0.4, 0.5) is 0 Å². The van der Waals surface area contributed by atoms with E-state index in [-0.39, 0.29) is 11.8 Å². The van der Waals surface area contributed by atoms with Crippen LogP contribution in [0.15, 0.2) is 372 Å². The molecule has 19 rings (SSSR count). The highest BCUT2D eigenvalue weighted by Crippen LogP contribution is 2.57. The minimum Gasteiger partial charge on any atom is -0.247 e. The quantitative estimate of drug-likeness (QED) is 0.0547. The van der Waals surface area contributed by atoms with Gasteiger partial charge in [0.1, 0.15) is 0 Å². The predicted molar refractivity (Wildman–Crippen MR) is 480 cm³/mol. The number of nitrogens with zero attached hydrogens (tertiary/aromatic N) is 6. The topological polar surface area (TPSA) is 76.3 Å². The van der Waals surface area contributed by atoms with Crippen LogP contribution in [0.25, 0.3) is 137 Å². The van der Waals surface area contributed by atoms with Gasteiger partial charge >= 0.3 is 0 Å². The third-order valence-corrected chi connectivity index (χ3v) is 25.0. The largest absolute Gasteiger partial charge is 0.247 e. The minimum atomic E-state index is 0.160. The van der Waals surface area contributed by atoms with Crippen molar-refractivity contribution < 1.29 is 0 Å². The first-order chi connectivity index (χ1) is 55.6. The molecule has 2 aliphatic carbocycles. The van der Waals surface area contributed by atoms with E-state index in [0.717, 1.165) is 152 Å². The van der Waals surface area contributed by atoms with Crippen LogP contribution in [0.3, 0.4) is 0 Å². The Morgan fingerprint density at radius 1 is 0.504 bits per heavy atom. The molecule has 8 heteroatoms. The molecule has 16 aromatic rings. The SMILES string of the molecule is C=C(/N=C(\N=C(/C)c1ccc(/C(C)=C/C(=C\C)c2ccc3ccccc3c2-c2ccc3c4c(c(-c5ccc(-c6nc(Cc7ccccc7)cc(C7C=CC=CC7C)n6)cc5)nc3c2)C2CC=CC=C2S4)cc1)c1ccc(-c2nc3cc(-c4ccccc4)ccc3c3sc4ccccc4c23)cc1)c1ccc(-c2ccccc2)cc1. The third kappa shape index (κ3) is 13.7. The van der Waals surface area contributed by atoms with E-state index < -0.39 is 0 Å². The molecular weight excluding hydrogens is 1410 g/mol. The average Bonchev–Trinajstić information content (AvgIpc) is 1.64. The summed E-state index contributed by atoms with van der Waals surface area (Å²) in [6, 6.07) is 104. The number of thiophene rings is 1. The van der Waals surface area contributed by atoms with E-state index in [1.807, 2.05) is 29.2 Å². The lowest BCUT2D eigenvalue weighted by molar-refractivity contribution is 0.618. The Labute approximate surface area is 667 Å². The summed E-state index contributed by atoms with van der Waals surface area (Å²) in [5.41, 5.74) is 27.1. The second kappa shape index (κ2) is 30.3. The molecule has 3 atom stereocenters. The summed E-state index contributed by atoms with van der Waals surface area (Å²) < 4.78 is 2.46. The van der Waals surface area contributed by atoms with E-state index in [2.05, 4.69) is 374 Å². The van der Waals surface area contributed by atoms with Gasteiger partial charge in [-0.1, -0.05) is 347 Å². The van der Waals surface area contributed by atoms with E-state index in [0.29, 0.717) is 17.5 Å². The van der Waals surface area contributed by atoms with Gasteiger partial charge in [0, 0.05) is 93.3 Å². The zero-order valence-electron chi connectivity index (χ0n) is 63.3. The number of fused-ring (bicyclic) bond motifs is 11. The van der Waals surface area contributed by atoms with Crippen molar-refractivity contribution in [2.75, 3.05) is 0 Å². The summed E-state index contributed by atoms with van der Waals surface area (Å²) in [4.78, 5) is 35.3. The summed E-state index contributed by atoms with van der Waals surface area (Å²) >= 11 is 3.74. The van der Waals surface area contributed by atoms with Gasteiger partial charge in [-0.2, -0.15) is 0 Å². The summed E-state index contributed by atoms with van der Waals surface area (Å²) in [6.45, 7) is 13.3. The molecule has 540 valence electrons. The number of amidine groups is 1. The first kappa shape index (κ1) is 70.3. The van der Waals surface area contributed by atoms with Crippen LogP contribution >= 0.6 is 23.1 Å². The van der Waals surface area contributed by atoms with E-state index in [1.54, 1.807) is 0 Å². The van der Waals surface area contributed by atoms with E-state index in [9.17, 15) is 0 Å². The number of pyridine rings is 2. The maximum Gasteiger partial charge on any atom is 0.160 e. The number of rotatable bonds is 16. The fraction of sp³-hybridized carbons (Fsp3) is 0.0857. The molecule has 0 radical (unpaired) electrons. The van der Waals surface area contributed by atoms with Crippen molar-refractivity contribution in [3.63, 3.8) is 0 Å². The normalized spacial score (nSPS) is 15.7. The van der Waals surface area contributed by atoms with Crippen molar-refractivity contribution in [1.29, 1.82) is 0 Å². The van der Waals surface area contributed by atoms with Gasteiger partial charge in [-0.15, -0.1) is 11.3 Å². The fourth-order valence-electron chi connectivity index (χ4n) is 16.5. The van der Waals surface area contributed by atoms with Crippen molar-refractivity contribution in [2.24, 2.45) is 15.9 Å². The van der Waals surface area contributed by atoms with Crippen LogP contribution in [0.1, 0.15) is 96.3 Å². The van der Waals surface area contributed by atoms with Gasteiger partial charge in [-0.25, -0.2) is 29.9 Å². The first-order valence-corrected chi connectivity index (χ1v) is 40.5. The molecule has 0 fully saturated rings. The molecule has 3 aliphatic rings. The Balaban J connectivity index is 0.647. The number of aromatic nitrogens is 4. The highest BCUT2D eigenvalue weighted by atomic mass is 32.2. The minimum absolute atomic E-state index is 0.160. The number of allylic oxidation sites excluding steroid dienone is 12. The van der Waals surface area contributed by atoms with Gasteiger partial charge in [-0.3, -0.25) is 0 Å². The molecule has 12 aromatic carbocycles. The summed E-state index contributed by atoms with van der Waals surface area (Å²) in [6.07, 6.45) is 21.9. The Kier molecular flexibility index (Phi) is 18.8. The number of hydrogen-bond donors (Lipinski definition) is 0. The van der Waals surface area contributed by atoms with Crippen molar-refractivity contribution >= 4 is 104 Å². The lowest BCUT2D eigenvalue weighted by atomic mass is 9.86. The molecule has 0 spiro atoms. The van der Waals surface area contributed by atoms with Crippen LogP contribution in [0, 0.1) is 5.92 Å². The van der Waals surface area contributed by atoms with E-state index >= 15 is 0 Å². The highest BCUT2D eigenvalue weighted by molar-refractivity contribution is 8.03. The van der Waals surface area contributed by atoms with Gasteiger partial charge < -0.3 is 0 Å². The molecule has 0 bridgehead atoms. The monoisotopic (exact) mass is 1490 g/mol. The smallest absolute Gasteiger partial charge is 0.160 e. The van der Waals surface area contributed by atoms with Crippen LogP contribution in [0.5, 0.6) is 0 Å². The van der Waals surface area contributed by atoms with Crippen molar-refractivity contribution in [3.8, 4) is 67.3 Å². The van der Waals surface area contributed by atoms with Gasteiger partial charge in [-0.05, 0) is 145 Å². The molecular formula is C105H78N6S2. The standard InChI is InChI=1S/C105H78N6S2/c1-6-70(87-57-54-77-31-17-19-33-86(77)97(87)83-56-59-89-93(63-83)110-101(99-91-35-21-23-37-96(91)113-103(89)99)79-48-52-81(53-49-79)105-108-84(61-69-25-10-7-11-26-69)64-94(111-105)85-32-18-16-24-65(85)2)60-66(3)71-38-40-72(41-39-71)67(4)106-104(107-68(5)73-42-44-76(45-43-73)74-27-12-8-13-28-74)80-50-46-78(47-51-80)100-98-90-34-20-22-36-95(90)112-102(98)88-58-55-82(62-92(88)109-100)75-29-14-9-15-30-75/h6-34,36-60,62-65,85,91H,5,35,61H2,1-4H3/b66-60+,70-6+,106-67+,107-104-. The first-order valence-electron chi connectivity index (χ1n) is 38.9. The van der Waals surface area contributed by atoms with Crippen molar-refractivity contribution in [2.45, 2.75) is 57.3 Å². The maximum absolute atomic E-state index is 5.78. The Hall–Kier alpha value is -13.1.